The number of benzene rings is 3. The zero-order chi connectivity index (χ0) is 24.4. The Kier molecular flexibility index (Phi) is 6.12. The molecule has 2 bridgehead atoms. The van der Waals surface area contributed by atoms with Crippen LogP contribution in [0.5, 0.6) is 5.75 Å². The van der Waals surface area contributed by atoms with Crippen molar-refractivity contribution >= 4 is 0 Å². The first kappa shape index (κ1) is 23.0. The van der Waals surface area contributed by atoms with Crippen molar-refractivity contribution in [2.45, 2.75) is 25.0 Å². The summed E-state index contributed by atoms with van der Waals surface area (Å²) in [6.07, 6.45) is 4.26. The second-order valence-corrected chi connectivity index (χ2v) is 10.4. The van der Waals surface area contributed by atoms with E-state index in [1.54, 1.807) is 0 Å². The molecule has 0 aliphatic carbocycles. The Morgan fingerprint density at radius 1 is 0.861 bits per heavy atom. The first-order chi connectivity index (χ1) is 17.6. The van der Waals surface area contributed by atoms with E-state index in [9.17, 15) is 5.11 Å². The average Bonchev–Trinajstić information content (AvgIpc) is 3.42. The third kappa shape index (κ3) is 4.34. The van der Waals surface area contributed by atoms with Crippen molar-refractivity contribution in [3.05, 3.63) is 120 Å². The highest BCUT2D eigenvalue weighted by Crippen LogP contribution is 2.41. The monoisotopic (exact) mass is 481 g/mol. The highest BCUT2D eigenvalue weighted by atomic mass is 16.5. The number of hydrogen-bond acceptors (Lipinski definition) is 4. The van der Waals surface area contributed by atoms with Crippen molar-refractivity contribution in [1.82, 2.24) is 4.98 Å². The fraction of sp³-hybridized carbons (Fsp3) is 0.323. The normalized spacial score (nSPS) is 23.5. The van der Waals surface area contributed by atoms with Gasteiger partial charge in [0.15, 0.2) is 11.4 Å². The number of quaternary nitrogens is 1. The molecule has 3 aliphatic heterocycles. The lowest BCUT2D eigenvalue weighted by Gasteiger charge is -2.52. The van der Waals surface area contributed by atoms with Gasteiger partial charge in [-0.1, -0.05) is 78.9 Å². The van der Waals surface area contributed by atoms with Crippen LogP contribution in [0.1, 0.15) is 35.6 Å². The maximum absolute atomic E-state index is 12.0. The van der Waals surface area contributed by atoms with Gasteiger partial charge in [0.05, 0.1) is 32.4 Å². The largest absolute Gasteiger partial charge is 0.493 e. The van der Waals surface area contributed by atoms with Gasteiger partial charge in [0.2, 0.25) is 5.89 Å². The number of hydrogen-bond donors (Lipinski definition) is 1. The van der Waals surface area contributed by atoms with Gasteiger partial charge in [-0.15, -0.1) is 0 Å². The van der Waals surface area contributed by atoms with Crippen LogP contribution in [0.15, 0.2) is 102 Å². The standard InChI is InChI=1S/C31H33N2O3/c34-31(26-10-4-1-5-11-26,27-12-6-2-7-13-27)30-32-20-29(36-30)22-33-18-16-24(17-19-33)25(21-33)23-35-28-14-8-3-9-15-28/h1-15,20,24-25,34H,16-19,21-23H2/q+1. The number of aromatic nitrogens is 1. The van der Waals surface area contributed by atoms with E-state index in [1.807, 2.05) is 97.2 Å². The van der Waals surface area contributed by atoms with Gasteiger partial charge in [-0.2, -0.15) is 0 Å². The van der Waals surface area contributed by atoms with Crippen LogP contribution in [-0.2, 0) is 12.1 Å². The molecule has 7 rings (SSSR count). The van der Waals surface area contributed by atoms with E-state index in [1.165, 1.54) is 12.8 Å². The summed E-state index contributed by atoms with van der Waals surface area (Å²) in [6, 6.07) is 29.4. The molecule has 1 unspecified atom stereocenters. The van der Waals surface area contributed by atoms with Gasteiger partial charge in [0, 0.05) is 18.8 Å². The minimum absolute atomic E-state index is 0.323. The number of ether oxygens (including phenoxy) is 1. The summed E-state index contributed by atoms with van der Waals surface area (Å²) in [7, 11) is 0. The van der Waals surface area contributed by atoms with Crippen molar-refractivity contribution in [1.29, 1.82) is 0 Å². The Balaban J connectivity index is 1.23. The third-order valence-corrected chi connectivity index (χ3v) is 8.18. The van der Waals surface area contributed by atoms with Crippen molar-refractivity contribution in [3.63, 3.8) is 0 Å². The fourth-order valence-electron chi connectivity index (χ4n) is 6.22. The van der Waals surface area contributed by atoms with Crippen LogP contribution in [0.25, 0.3) is 0 Å². The summed E-state index contributed by atoms with van der Waals surface area (Å²) in [5.41, 5.74) is 0.0453. The molecule has 184 valence electrons. The maximum atomic E-state index is 12.0. The van der Waals surface area contributed by atoms with Crippen molar-refractivity contribution < 1.29 is 18.7 Å². The van der Waals surface area contributed by atoms with Gasteiger partial charge in [0.1, 0.15) is 12.3 Å². The molecule has 0 amide bonds. The van der Waals surface area contributed by atoms with Gasteiger partial charge >= 0.3 is 0 Å². The Bertz CT molecular complexity index is 1230. The van der Waals surface area contributed by atoms with Crippen molar-refractivity contribution in [2.75, 3.05) is 26.2 Å². The number of aliphatic hydroxyl groups is 1. The van der Waals surface area contributed by atoms with E-state index in [2.05, 4.69) is 4.98 Å². The second kappa shape index (κ2) is 9.57. The molecule has 0 radical (unpaired) electrons. The summed E-state index contributed by atoms with van der Waals surface area (Å²) in [5.74, 6) is 3.38. The SMILES string of the molecule is OC(c1ccccc1)(c1ccccc1)c1ncc(C[N+]23CCC(CC2)C(COc2ccccc2)C3)o1. The zero-order valence-electron chi connectivity index (χ0n) is 20.5. The topological polar surface area (TPSA) is 55.5 Å². The van der Waals surface area contributed by atoms with Crippen LogP contribution in [0.4, 0.5) is 0 Å². The summed E-state index contributed by atoms with van der Waals surface area (Å²) in [5, 5.41) is 12.0. The Hall–Kier alpha value is -3.41. The van der Waals surface area contributed by atoms with E-state index in [4.69, 9.17) is 9.15 Å². The summed E-state index contributed by atoms with van der Waals surface area (Å²) in [6.45, 7) is 4.96. The Morgan fingerprint density at radius 2 is 1.44 bits per heavy atom. The third-order valence-electron chi connectivity index (χ3n) is 8.18. The molecule has 3 aliphatic rings. The van der Waals surface area contributed by atoms with Crippen LogP contribution in [0.3, 0.4) is 0 Å². The van der Waals surface area contributed by atoms with Crippen LogP contribution in [0.2, 0.25) is 0 Å². The Labute approximate surface area is 212 Å². The van der Waals surface area contributed by atoms with Crippen LogP contribution < -0.4 is 4.74 Å². The van der Waals surface area contributed by atoms with E-state index in [0.29, 0.717) is 11.8 Å². The lowest BCUT2D eigenvalue weighted by atomic mass is 9.77. The van der Waals surface area contributed by atoms with Gasteiger partial charge < -0.3 is 18.7 Å². The lowest BCUT2D eigenvalue weighted by molar-refractivity contribution is -0.960. The zero-order valence-corrected chi connectivity index (χ0v) is 20.5. The van der Waals surface area contributed by atoms with Gasteiger partial charge in [-0.25, -0.2) is 4.98 Å². The Morgan fingerprint density at radius 3 is 2.06 bits per heavy atom. The predicted octanol–water partition coefficient (Wildman–Crippen LogP) is 5.39. The fourth-order valence-corrected chi connectivity index (χ4v) is 6.22. The molecule has 0 saturated carbocycles. The summed E-state index contributed by atoms with van der Waals surface area (Å²) < 4.78 is 13.5. The molecule has 5 nitrogen and oxygen atoms in total. The molecular formula is C31H33N2O3+. The molecular weight excluding hydrogens is 448 g/mol. The molecule has 1 N–H and O–H groups in total. The predicted molar refractivity (Wildman–Crippen MR) is 138 cm³/mol. The van der Waals surface area contributed by atoms with E-state index in [0.717, 1.165) is 65.8 Å². The highest BCUT2D eigenvalue weighted by molar-refractivity contribution is 5.41. The molecule has 4 aromatic rings. The molecule has 1 aromatic heterocycles. The molecule has 3 fully saturated rings. The first-order valence-corrected chi connectivity index (χ1v) is 13.0. The van der Waals surface area contributed by atoms with Gasteiger partial charge in [-0.3, -0.25) is 0 Å². The molecule has 1 atom stereocenters. The van der Waals surface area contributed by atoms with Crippen LogP contribution >= 0.6 is 0 Å². The maximum Gasteiger partial charge on any atom is 0.236 e. The highest BCUT2D eigenvalue weighted by Gasteiger charge is 2.47. The number of oxazole rings is 1. The number of nitrogens with zero attached hydrogens (tertiary/aromatic N) is 2. The van der Waals surface area contributed by atoms with Crippen molar-refractivity contribution in [2.24, 2.45) is 11.8 Å². The second-order valence-electron chi connectivity index (χ2n) is 10.4. The lowest BCUT2D eigenvalue weighted by Crippen LogP contribution is -2.62. The minimum Gasteiger partial charge on any atom is -0.493 e. The summed E-state index contributed by atoms with van der Waals surface area (Å²) in [4.78, 5) is 4.63. The molecule has 4 heterocycles. The average molecular weight is 482 g/mol. The quantitative estimate of drug-likeness (QED) is 0.343. The first-order valence-electron chi connectivity index (χ1n) is 13.0. The van der Waals surface area contributed by atoms with Crippen molar-refractivity contribution in [3.8, 4) is 5.75 Å². The molecule has 0 spiro atoms. The molecule has 5 heteroatoms. The van der Waals surface area contributed by atoms with E-state index in [-0.39, 0.29) is 0 Å². The summed E-state index contributed by atoms with van der Waals surface area (Å²) >= 11 is 0. The number of piperidine rings is 3. The van der Waals surface area contributed by atoms with Gasteiger partial charge in [0.25, 0.3) is 0 Å². The minimum atomic E-state index is -1.44. The molecule has 3 saturated heterocycles. The molecule has 36 heavy (non-hydrogen) atoms. The number of para-hydroxylation sites is 1. The number of fused-ring (bicyclic) bond motifs is 3. The van der Waals surface area contributed by atoms with E-state index >= 15 is 0 Å². The molecule has 3 aromatic carbocycles. The van der Waals surface area contributed by atoms with Crippen LogP contribution in [-0.4, -0.2) is 40.8 Å². The van der Waals surface area contributed by atoms with Crippen LogP contribution in [0, 0.1) is 11.8 Å². The van der Waals surface area contributed by atoms with Gasteiger partial charge in [-0.05, 0) is 29.2 Å². The van der Waals surface area contributed by atoms with E-state index < -0.39 is 5.60 Å². The smallest absolute Gasteiger partial charge is 0.236 e. The number of rotatable bonds is 8.